The largest absolute Gasteiger partial charge is 0.872 e. The highest BCUT2D eigenvalue weighted by molar-refractivity contribution is 9.10. The van der Waals surface area contributed by atoms with E-state index in [9.17, 15) is 9.90 Å². The minimum absolute atomic E-state index is 0.104. The van der Waals surface area contributed by atoms with Crippen LogP contribution in [0.1, 0.15) is 27.0 Å². The fourth-order valence-corrected chi connectivity index (χ4v) is 3.93. The number of fused-ring (bicyclic) bond motifs is 1. The first kappa shape index (κ1) is 19.4. The van der Waals surface area contributed by atoms with E-state index in [4.69, 9.17) is 4.74 Å². The lowest BCUT2D eigenvalue weighted by Crippen LogP contribution is -3.06. The molecule has 0 amide bonds. The van der Waals surface area contributed by atoms with Crippen LogP contribution in [0.25, 0.3) is 6.08 Å². The topological polar surface area (TPSA) is 53.8 Å². The third-order valence-electron chi connectivity index (χ3n) is 4.87. The molecule has 1 aliphatic heterocycles. The van der Waals surface area contributed by atoms with Gasteiger partial charge in [-0.05, 0) is 29.8 Å². The molecule has 0 spiro atoms. The van der Waals surface area contributed by atoms with Crippen LogP contribution >= 0.6 is 15.9 Å². The molecule has 0 bridgehead atoms. The Kier molecular flexibility index (Phi) is 5.51. The highest BCUT2D eigenvalue weighted by Gasteiger charge is 2.30. The van der Waals surface area contributed by atoms with Crippen molar-refractivity contribution in [2.75, 3.05) is 7.05 Å². The van der Waals surface area contributed by atoms with Gasteiger partial charge in [-0.1, -0.05) is 70.2 Å². The van der Waals surface area contributed by atoms with Crippen LogP contribution in [-0.2, 0) is 13.1 Å². The average molecular weight is 450 g/mol. The summed E-state index contributed by atoms with van der Waals surface area (Å²) in [5.41, 5.74) is 3.04. The molecule has 0 aromatic heterocycles. The molecular weight excluding hydrogens is 430 g/mol. The number of carbonyl (C=O) groups excluding carboxylic acids is 1. The highest BCUT2D eigenvalue weighted by Crippen LogP contribution is 2.38. The Morgan fingerprint density at radius 1 is 1.03 bits per heavy atom. The SMILES string of the molecule is C[NH+](Cc1ccccc1)Cc1c([O-])ccc2c1O/C(=C\c1cccc(Br)c1)C2=O. The molecule has 4 nitrogen and oxygen atoms in total. The number of ether oxygens (including phenoxy) is 1. The van der Waals surface area contributed by atoms with Crippen LogP contribution in [0.3, 0.4) is 0 Å². The fourth-order valence-electron chi connectivity index (χ4n) is 3.51. The molecule has 146 valence electrons. The summed E-state index contributed by atoms with van der Waals surface area (Å²) < 4.78 is 6.83. The summed E-state index contributed by atoms with van der Waals surface area (Å²) in [6.45, 7) is 1.26. The van der Waals surface area contributed by atoms with Gasteiger partial charge < -0.3 is 14.7 Å². The minimum atomic E-state index is -0.193. The number of benzene rings is 3. The summed E-state index contributed by atoms with van der Waals surface area (Å²) in [6.07, 6.45) is 1.71. The Morgan fingerprint density at radius 3 is 2.59 bits per heavy atom. The van der Waals surface area contributed by atoms with Crippen LogP contribution in [-0.4, -0.2) is 12.8 Å². The van der Waals surface area contributed by atoms with Crippen molar-refractivity contribution in [2.45, 2.75) is 13.1 Å². The van der Waals surface area contributed by atoms with Gasteiger partial charge in [-0.2, -0.15) is 0 Å². The van der Waals surface area contributed by atoms with Gasteiger partial charge in [0.25, 0.3) is 0 Å². The van der Waals surface area contributed by atoms with Gasteiger partial charge >= 0.3 is 0 Å². The maximum Gasteiger partial charge on any atom is 0.231 e. The van der Waals surface area contributed by atoms with E-state index in [-0.39, 0.29) is 17.3 Å². The van der Waals surface area contributed by atoms with Crippen molar-refractivity contribution in [2.24, 2.45) is 0 Å². The zero-order valence-corrected chi connectivity index (χ0v) is 17.5. The van der Waals surface area contributed by atoms with Crippen LogP contribution in [0.15, 0.2) is 77.0 Å². The second-order valence-corrected chi connectivity index (χ2v) is 8.13. The molecule has 1 N–H and O–H groups in total. The maximum absolute atomic E-state index is 12.8. The van der Waals surface area contributed by atoms with Crippen LogP contribution < -0.4 is 14.7 Å². The summed E-state index contributed by atoms with van der Waals surface area (Å²) in [7, 11) is 2.03. The summed E-state index contributed by atoms with van der Waals surface area (Å²) in [5, 5.41) is 12.6. The number of hydrogen-bond acceptors (Lipinski definition) is 3. The number of allylic oxidation sites excluding steroid dienone is 1. The van der Waals surface area contributed by atoms with Crippen molar-refractivity contribution < 1.29 is 19.5 Å². The van der Waals surface area contributed by atoms with Crippen molar-refractivity contribution in [1.82, 2.24) is 0 Å². The van der Waals surface area contributed by atoms with Gasteiger partial charge in [-0.15, -0.1) is 0 Å². The molecule has 29 heavy (non-hydrogen) atoms. The summed E-state index contributed by atoms with van der Waals surface area (Å²) >= 11 is 3.43. The number of Topliss-reactive ketones (excluding diaryl/α,β-unsaturated/α-hetero) is 1. The Bertz CT molecular complexity index is 1090. The number of ketones is 1. The summed E-state index contributed by atoms with van der Waals surface area (Å²) in [6, 6.07) is 20.8. The van der Waals surface area contributed by atoms with Crippen LogP contribution in [0.4, 0.5) is 0 Å². The van der Waals surface area contributed by atoms with Crippen LogP contribution in [0.5, 0.6) is 11.5 Å². The van der Waals surface area contributed by atoms with Gasteiger partial charge in [0.15, 0.2) is 5.76 Å². The molecule has 1 unspecified atom stereocenters. The van der Waals surface area contributed by atoms with E-state index in [1.807, 2.05) is 49.5 Å². The quantitative estimate of drug-likeness (QED) is 0.607. The predicted molar refractivity (Wildman–Crippen MR) is 114 cm³/mol. The van der Waals surface area contributed by atoms with E-state index < -0.39 is 0 Å². The van der Waals surface area contributed by atoms with Crippen LogP contribution in [0.2, 0.25) is 0 Å². The standard InChI is InChI=1S/C24H20BrNO3/c1-26(14-16-6-3-2-4-7-16)15-20-21(27)11-10-19-23(28)22(29-24(19)20)13-17-8-5-9-18(25)12-17/h2-13,27H,14-15H2,1H3/b22-13-. The number of nitrogens with one attached hydrogen (secondary N) is 1. The first-order chi connectivity index (χ1) is 14.0. The van der Waals surface area contributed by atoms with Crippen molar-refractivity contribution >= 4 is 27.8 Å². The first-order valence-corrected chi connectivity index (χ1v) is 10.2. The fraction of sp³-hybridized carbons (Fsp3) is 0.125. The van der Waals surface area contributed by atoms with Crippen molar-refractivity contribution in [3.8, 4) is 11.5 Å². The van der Waals surface area contributed by atoms with Gasteiger partial charge in [0.2, 0.25) is 5.78 Å². The third-order valence-corrected chi connectivity index (χ3v) is 5.36. The van der Waals surface area contributed by atoms with E-state index >= 15 is 0 Å². The molecular formula is C24H20BrNO3. The monoisotopic (exact) mass is 449 g/mol. The molecule has 3 aromatic carbocycles. The molecule has 3 aromatic rings. The Hall–Kier alpha value is -2.89. The predicted octanol–water partition coefficient (Wildman–Crippen LogP) is 3.35. The molecule has 5 heteroatoms. The van der Waals surface area contributed by atoms with Gasteiger partial charge in [0.1, 0.15) is 18.8 Å². The molecule has 0 radical (unpaired) electrons. The average Bonchev–Trinajstić information content (AvgIpc) is 3.01. The van der Waals surface area contributed by atoms with Crippen molar-refractivity contribution in [3.05, 3.63) is 99.2 Å². The molecule has 0 fully saturated rings. The van der Waals surface area contributed by atoms with Gasteiger partial charge in [0.05, 0.1) is 12.6 Å². The highest BCUT2D eigenvalue weighted by atomic mass is 79.9. The lowest BCUT2D eigenvalue weighted by molar-refractivity contribution is -0.907. The van der Waals surface area contributed by atoms with Gasteiger partial charge in [0, 0.05) is 15.6 Å². The van der Waals surface area contributed by atoms with Crippen molar-refractivity contribution in [1.29, 1.82) is 0 Å². The first-order valence-electron chi connectivity index (χ1n) is 9.39. The molecule has 0 aliphatic carbocycles. The number of hydrogen-bond donors (Lipinski definition) is 1. The Morgan fingerprint density at radius 2 is 1.83 bits per heavy atom. The third kappa shape index (κ3) is 4.26. The summed E-state index contributed by atoms with van der Waals surface area (Å²) in [4.78, 5) is 14.0. The van der Waals surface area contributed by atoms with E-state index in [1.54, 1.807) is 12.1 Å². The molecule has 0 saturated carbocycles. The number of halogens is 1. The maximum atomic E-state index is 12.8. The normalized spacial score (nSPS) is 15.2. The van der Waals surface area contributed by atoms with Gasteiger partial charge in [-0.25, -0.2) is 0 Å². The minimum Gasteiger partial charge on any atom is -0.872 e. The van der Waals surface area contributed by atoms with E-state index in [2.05, 4.69) is 28.1 Å². The zero-order valence-electron chi connectivity index (χ0n) is 15.9. The van der Waals surface area contributed by atoms with E-state index in [0.29, 0.717) is 23.4 Å². The van der Waals surface area contributed by atoms with Gasteiger partial charge in [-0.3, -0.25) is 4.79 Å². The molecule has 4 rings (SSSR count). The van der Waals surface area contributed by atoms with Crippen LogP contribution in [0, 0.1) is 0 Å². The number of quaternary nitrogens is 1. The molecule has 1 heterocycles. The van der Waals surface area contributed by atoms with E-state index in [1.165, 1.54) is 11.6 Å². The van der Waals surface area contributed by atoms with Crippen molar-refractivity contribution in [3.63, 3.8) is 0 Å². The molecule has 0 saturated heterocycles. The Balaban J connectivity index is 1.61. The lowest BCUT2D eigenvalue weighted by atomic mass is 10.0. The molecule has 1 aliphatic rings. The Labute approximate surface area is 178 Å². The zero-order chi connectivity index (χ0) is 20.4. The summed E-state index contributed by atoms with van der Waals surface area (Å²) in [5.74, 6) is 0.344. The smallest absolute Gasteiger partial charge is 0.231 e. The van der Waals surface area contributed by atoms with E-state index in [0.717, 1.165) is 21.5 Å². The number of rotatable bonds is 5. The second kappa shape index (κ2) is 8.23. The molecule has 1 atom stereocenters. The lowest BCUT2D eigenvalue weighted by Gasteiger charge is -2.20. The second-order valence-electron chi connectivity index (χ2n) is 7.21. The number of carbonyl (C=O) groups is 1.